The van der Waals surface area contributed by atoms with Crippen LogP contribution in [0.1, 0.15) is 23.2 Å². The Labute approximate surface area is 127 Å². The minimum absolute atomic E-state index is 0.0171. The summed E-state index contributed by atoms with van der Waals surface area (Å²) in [7, 11) is 2.68. The first-order chi connectivity index (χ1) is 9.91. The monoisotopic (exact) mass is 333 g/mol. The average Bonchev–Trinajstić information content (AvgIpc) is 2.96. The predicted octanol–water partition coefficient (Wildman–Crippen LogP) is 1.53. The molecular formula is C13H16ClNO5S. The van der Waals surface area contributed by atoms with Crippen LogP contribution in [0, 0.1) is 0 Å². The topological polar surface area (TPSA) is 81.7 Å². The smallest absolute Gasteiger partial charge is 0.265 e. The van der Waals surface area contributed by atoms with Crippen LogP contribution in [-0.4, -0.2) is 40.7 Å². The molecule has 1 aliphatic heterocycles. The standard InChI is InChI=1S/C13H16ClNO5S/c1-19-11-5-4-9(7-12(11)21(14,17)18)13(16)15-8-10-3-2-6-20-10/h4-5,7,10H,2-3,6,8H2,1H3,(H,15,16). The number of rotatable bonds is 5. The van der Waals surface area contributed by atoms with Gasteiger partial charge in [-0.15, -0.1) is 0 Å². The second-order valence-electron chi connectivity index (χ2n) is 4.65. The molecule has 1 saturated heterocycles. The SMILES string of the molecule is COc1ccc(C(=O)NCC2CCCO2)cc1S(=O)(=O)Cl. The lowest BCUT2D eigenvalue weighted by atomic mass is 10.2. The summed E-state index contributed by atoms with van der Waals surface area (Å²) in [5.41, 5.74) is 0.202. The van der Waals surface area contributed by atoms with Crippen LogP contribution < -0.4 is 10.1 Å². The Morgan fingerprint density at radius 1 is 1.52 bits per heavy atom. The fourth-order valence-corrected chi connectivity index (χ4v) is 3.14. The molecule has 6 nitrogen and oxygen atoms in total. The first kappa shape index (κ1) is 16.1. The van der Waals surface area contributed by atoms with Gasteiger partial charge in [0.05, 0.1) is 13.2 Å². The van der Waals surface area contributed by atoms with Gasteiger partial charge in [-0.25, -0.2) is 8.42 Å². The van der Waals surface area contributed by atoms with E-state index in [1.807, 2.05) is 0 Å². The Morgan fingerprint density at radius 2 is 2.29 bits per heavy atom. The van der Waals surface area contributed by atoms with Crippen molar-refractivity contribution in [2.45, 2.75) is 23.8 Å². The molecule has 0 bridgehead atoms. The van der Waals surface area contributed by atoms with Gasteiger partial charge in [0, 0.05) is 29.4 Å². The number of nitrogens with one attached hydrogen (secondary N) is 1. The number of amides is 1. The highest BCUT2D eigenvalue weighted by Gasteiger charge is 2.20. The lowest BCUT2D eigenvalue weighted by Gasteiger charge is -2.12. The minimum Gasteiger partial charge on any atom is -0.495 e. The van der Waals surface area contributed by atoms with Gasteiger partial charge in [0.15, 0.2) is 0 Å². The fraction of sp³-hybridized carbons (Fsp3) is 0.462. The van der Waals surface area contributed by atoms with Crippen molar-refractivity contribution in [3.63, 3.8) is 0 Å². The van der Waals surface area contributed by atoms with Crippen molar-refractivity contribution in [3.8, 4) is 5.75 Å². The van der Waals surface area contributed by atoms with E-state index in [2.05, 4.69) is 5.32 Å². The van der Waals surface area contributed by atoms with Crippen molar-refractivity contribution < 1.29 is 22.7 Å². The van der Waals surface area contributed by atoms with Crippen LogP contribution in [0.4, 0.5) is 0 Å². The normalized spacial score (nSPS) is 18.5. The molecule has 1 aliphatic rings. The first-order valence-electron chi connectivity index (χ1n) is 6.44. The third kappa shape index (κ3) is 4.09. The third-order valence-corrected chi connectivity index (χ3v) is 4.55. The van der Waals surface area contributed by atoms with Crippen LogP contribution in [0.15, 0.2) is 23.1 Å². The maximum atomic E-state index is 12.0. The van der Waals surface area contributed by atoms with E-state index in [1.54, 1.807) is 0 Å². The number of ether oxygens (including phenoxy) is 2. The fourth-order valence-electron chi connectivity index (χ4n) is 2.12. The molecular weight excluding hydrogens is 318 g/mol. The lowest BCUT2D eigenvalue weighted by molar-refractivity contribution is 0.0857. The van der Waals surface area contributed by atoms with Gasteiger partial charge in [0.1, 0.15) is 10.6 Å². The molecule has 1 aromatic rings. The van der Waals surface area contributed by atoms with E-state index in [1.165, 1.54) is 25.3 Å². The lowest BCUT2D eigenvalue weighted by Crippen LogP contribution is -2.31. The molecule has 116 valence electrons. The van der Waals surface area contributed by atoms with Gasteiger partial charge in [-0.1, -0.05) is 0 Å². The number of halogens is 1. The molecule has 21 heavy (non-hydrogen) atoms. The Kier molecular flexibility index (Phi) is 5.08. The first-order valence-corrected chi connectivity index (χ1v) is 8.75. The number of benzene rings is 1. The van der Waals surface area contributed by atoms with Gasteiger partial charge < -0.3 is 14.8 Å². The maximum Gasteiger partial charge on any atom is 0.265 e. The van der Waals surface area contributed by atoms with E-state index in [0.29, 0.717) is 13.2 Å². The molecule has 1 aromatic carbocycles. The molecule has 1 heterocycles. The molecule has 0 aromatic heterocycles. The molecule has 8 heteroatoms. The minimum atomic E-state index is -3.99. The predicted molar refractivity (Wildman–Crippen MR) is 77.3 cm³/mol. The molecule has 0 radical (unpaired) electrons. The van der Waals surface area contributed by atoms with Gasteiger partial charge in [-0.2, -0.15) is 0 Å². The Bertz CT molecular complexity index is 625. The number of hydrogen-bond acceptors (Lipinski definition) is 5. The van der Waals surface area contributed by atoms with Crippen molar-refractivity contribution in [1.82, 2.24) is 5.32 Å². The van der Waals surface area contributed by atoms with Gasteiger partial charge in [0.2, 0.25) is 0 Å². The molecule has 1 atom stereocenters. The van der Waals surface area contributed by atoms with E-state index in [-0.39, 0.29) is 28.2 Å². The Hall–Kier alpha value is -1.31. The van der Waals surface area contributed by atoms with Crippen molar-refractivity contribution in [2.24, 2.45) is 0 Å². The summed E-state index contributed by atoms with van der Waals surface area (Å²) >= 11 is 0. The Balaban J connectivity index is 2.13. The van der Waals surface area contributed by atoms with Crippen molar-refractivity contribution in [1.29, 1.82) is 0 Å². The van der Waals surface area contributed by atoms with Crippen LogP contribution in [0.5, 0.6) is 5.75 Å². The average molecular weight is 334 g/mol. The van der Waals surface area contributed by atoms with Crippen LogP contribution in [0.2, 0.25) is 0 Å². The van der Waals surface area contributed by atoms with Crippen molar-refractivity contribution >= 4 is 25.6 Å². The summed E-state index contributed by atoms with van der Waals surface area (Å²) in [6.45, 7) is 1.10. The summed E-state index contributed by atoms with van der Waals surface area (Å²) in [4.78, 5) is 11.8. The summed E-state index contributed by atoms with van der Waals surface area (Å²) in [6.07, 6.45) is 1.91. The summed E-state index contributed by atoms with van der Waals surface area (Å²) in [5, 5.41) is 2.71. The summed E-state index contributed by atoms with van der Waals surface area (Å²) in [6, 6.07) is 4.08. The van der Waals surface area contributed by atoms with Crippen molar-refractivity contribution in [2.75, 3.05) is 20.3 Å². The number of methoxy groups -OCH3 is 1. The van der Waals surface area contributed by atoms with Crippen LogP contribution in [0.3, 0.4) is 0 Å². The maximum absolute atomic E-state index is 12.0. The molecule has 1 amide bonds. The highest BCUT2D eigenvalue weighted by atomic mass is 35.7. The van der Waals surface area contributed by atoms with Crippen LogP contribution in [-0.2, 0) is 13.8 Å². The van der Waals surface area contributed by atoms with E-state index in [0.717, 1.165) is 12.8 Å². The highest BCUT2D eigenvalue weighted by Crippen LogP contribution is 2.27. The Morgan fingerprint density at radius 3 is 2.86 bits per heavy atom. The quantitative estimate of drug-likeness (QED) is 0.826. The summed E-state index contributed by atoms with van der Waals surface area (Å²) < 4.78 is 33.3. The largest absolute Gasteiger partial charge is 0.495 e. The van der Waals surface area contributed by atoms with Gasteiger partial charge in [-0.3, -0.25) is 4.79 Å². The number of carbonyl (C=O) groups is 1. The molecule has 0 aliphatic carbocycles. The molecule has 1 unspecified atom stereocenters. The van der Waals surface area contributed by atoms with Gasteiger partial charge >= 0.3 is 0 Å². The van der Waals surface area contributed by atoms with E-state index >= 15 is 0 Å². The molecule has 2 rings (SSSR count). The van der Waals surface area contributed by atoms with Crippen molar-refractivity contribution in [3.05, 3.63) is 23.8 Å². The highest BCUT2D eigenvalue weighted by molar-refractivity contribution is 8.13. The zero-order valence-electron chi connectivity index (χ0n) is 11.5. The van der Waals surface area contributed by atoms with Crippen LogP contribution >= 0.6 is 10.7 Å². The molecule has 0 saturated carbocycles. The van der Waals surface area contributed by atoms with E-state index in [9.17, 15) is 13.2 Å². The second-order valence-corrected chi connectivity index (χ2v) is 7.18. The zero-order chi connectivity index (χ0) is 15.5. The van der Waals surface area contributed by atoms with Crippen LogP contribution in [0.25, 0.3) is 0 Å². The summed E-state index contributed by atoms with van der Waals surface area (Å²) in [5.74, 6) is -0.282. The molecule has 1 N–H and O–H groups in total. The molecule has 0 spiro atoms. The third-order valence-electron chi connectivity index (χ3n) is 3.20. The number of hydrogen-bond donors (Lipinski definition) is 1. The number of carbonyl (C=O) groups excluding carboxylic acids is 1. The zero-order valence-corrected chi connectivity index (χ0v) is 13.0. The van der Waals surface area contributed by atoms with E-state index in [4.69, 9.17) is 20.2 Å². The van der Waals surface area contributed by atoms with E-state index < -0.39 is 9.05 Å². The van der Waals surface area contributed by atoms with Gasteiger partial charge in [0.25, 0.3) is 15.0 Å². The van der Waals surface area contributed by atoms with Gasteiger partial charge in [-0.05, 0) is 31.0 Å². The second kappa shape index (κ2) is 6.64. The molecule has 1 fully saturated rings.